The molecule has 0 amide bonds. The van der Waals surface area contributed by atoms with Gasteiger partial charge in [0.15, 0.2) is 0 Å². The van der Waals surface area contributed by atoms with Crippen molar-refractivity contribution < 1.29 is 0 Å². The lowest BCUT2D eigenvalue weighted by atomic mass is 10.2. The van der Waals surface area contributed by atoms with E-state index in [9.17, 15) is 0 Å². The first-order valence-corrected chi connectivity index (χ1v) is 5.12. The summed E-state index contributed by atoms with van der Waals surface area (Å²) >= 11 is 0. The predicted octanol–water partition coefficient (Wildman–Crippen LogP) is 0.974. The van der Waals surface area contributed by atoms with Crippen LogP contribution in [0.4, 0.5) is 0 Å². The van der Waals surface area contributed by atoms with Gasteiger partial charge in [0.1, 0.15) is 0 Å². The molecule has 0 aliphatic heterocycles. The van der Waals surface area contributed by atoms with E-state index in [1.165, 1.54) is 25.7 Å². The Balaban J connectivity index is 2.03. The Kier molecular flexibility index (Phi) is 4.81. The van der Waals surface area contributed by atoms with Crippen molar-refractivity contribution >= 4 is 0 Å². The number of nitrogens with one attached hydrogen (secondary N) is 1. The Morgan fingerprint density at radius 1 is 1.46 bits per heavy atom. The van der Waals surface area contributed by atoms with Crippen LogP contribution in [0, 0.1) is 11.3 Å². The topological polar surface area (TPSA) is 39.1 Å². The van der Waals surface area contributed by atoms with Gasteiger partial charge in [0.2, 0.25) is 0 Å². The normalized spacial score (nSPS) is 17.9. The Bertz CT molecular complexity index is 167. The summed E-state index contributed by atoms with van der Waals surface area (Å²) in [5.41, 5.74) is 0. The Morgan fingerprint density at radius 2 is 2.15 bits per heavy atom. The van der Waals surface area contributed by atoms with Gasteiger partial charge in [-0.25, -0.2) is 0 Å². The molecule has 0 bridgehead atoms. The van der Waals surface area contributed by atoms with Crippen molar-refractivity contribution in [1.29, 1.82) is 5.26 Å². The van der Waals surface area contributed by atoms with Crippen molar-refractivity contribution in [3.8, 4) is 6.07 Å². The van der Waals surface area contributed by atoms with Crippen LogP contribution >= 0.6 is 0 Å². The van der Waals surface area contributed by atoms with Crippen molar-refractivity contribution in [2.24, 2.45) is 0 Å². The molecule has 3 heteroatoms. The highest BCUT2D eigenvalue weighted by atomic mass is 15.1. The van der Waals surface area contributed by atoms with Crippen LogP contribution < -0.4 is 5.32 Å². The maximum Gasteiger partial charge on any atom is 0.0841 e. The van der Waals surface area contributed by atoms with E-state index < -0.39 is 0 Å². The maximum absolute atomic E-state index is 8.32. The van der Waals surface area contributed by atoms with E-state index in [-0.39, 0.29) is 0 Å². The fourth-order valence-electron chi connectivity index (χ4n) is 1.93. The molecule has 1 aliphatic carbocycles. The molecule has 0 saturated heterocycles. The van der Waals surface area contributed by atoms with Crippen LogP contribution in [0.25, 0.3) is 0 Å². The van der Waals surface area contributed by atoms with Crippen LogP contribution in [0.15, 0.2) is 0 Å². The summed E-state index contributed by atoms with van der Waals surface area (Å²) in [5, 5.41) is 11.4. The molecule has 0 unspecified atom stereocenters. The standard InChI is InChI=1S/C10H19N3/c1-13(9-8-12-7-6-11)10-4-2-3-5-10/h10,12H,2-5,7-9H2,1H3. The van der Waals surface area contributed by atoms with Gasteiger partial charge >= 0.3 is 0 Å². The van der Waals surface area contributed by atoms with Crippen LogP contribution in [0.2, 0.25) is 0 Å². The molecule has 0 aromatic rings. The summed E-state index contributed by atoms with van der Waals surface area (Å²) in [6.45, 7) is 2.46. The maximum atomic E-state index is 8.32. The van der Waals surface area contributed by atoms with Gasteiger partial charge in [-0.1, -0.05) is 12.8 Å². The first-order chi connectivity index (χ1) is 6.34. The number of rotatable bonds is 5. The molecular formula is C10H19N3. The summed E-state index contributed by atoms with van der Waals surface area (Å²) in [7, 11) is 2.18. The minimum absolute atomic E-state index is 0.471. The summed E-state index contributed by atoms with van der Waals surface area (Å²) in [5.74, 6) is 0. The van der Waals surface area contributed by atoms with Crippen LogP contribution in [0.3, 0.4) is 0 Å². The van der Waals surface area contributed by atoms with E-state index >= 15 is 0 Å². The summed E-state index contributed by atoms with van der Waals surface area (Å²) in [4.78, 5) is 2.41. The van der Waals surface area contributed by atoms with Crippen molar-refractivity contribution in [2.75, 3.05) is 26.7 Å². The number of hydrogen-bond acceptors (Lipinski definition) is 3. The van der Waals surface area contributed by atoms with E-state index in [1.807, 2.05) is 0 Å². The molecule has 0 aromatic carbocycles. The number of nitrogens with zero attached hydrogens (tertiary/aromatic N) is 2. The first kappa shape index (κ1) is 10.5. The predicted molar refractivity (Wildman–Crippen MR) is 53.4 cm³/mol. The van der Waals surface area contributed by atoms with E-state index in [1.54, 1.807) is 0 Å². The summed E-state index contributed by atoms with van der Waals surface area (Å²) in [6.07, 6.45) is 5.49. The molecule has 0 heterocycles. The molecule has 3 nitrogen and oxygen atoms in total. The van der Waals surface area contributed by atoms with Crippen LogP contribution in [0.1, 0.15) is 25.7 Å². The summed E-state index contributed by atoms with van der Waals surface area (Å²) in [6, 6.07) is 2.88. The van der Waals surface area contributed by atoms with E-state index in [0.29, 0.717) is 6.54 Å². The van der Waals surface area contributed by atoms with Gasteiger partial charge in [-0.15, -0.1) is 0 Å². The van der Waals surface area contributed by atoms with Gasteiger partial charge in [0.25, 0.3) is 0 Å². The van der Waals surface area contributed by atoms with Crippen LogP contribution in [-0.2, 0) is 0 Å². The van der Waals surface area contributed by atoms with E-state index in [0.717, 1.165) is 19.1 Å². The molecule has 1 aliphatic rings. The Hall–Kier alpha value is -0.590. The minimum Gasteiger partial charge on any atom is -0.303 e. The fraction of sp³-hybridized carbons (Fsp3) is 0.900. The highest BCUT2D eigenvalue weighted by molar-refractivity contribution is 4.77. The molecule has 74 valence electrons. The van der Waals surface area contributed by atoms with Gasteiger partial charge < -0.3 is 10.2 Å². The molecule has 0 radical (unpaired) electrons. The molecule has 1 N–H and O–H groups in total. The van der Waals surface area contributed by atoms with Crippen molar-refractivity contribution in [3.63, 3.8) is 0 Å². The SMILES string of the molecule is CN(CCNCC#N)C1CCCC1. The van der Waals surface area contributed by atoms with Crippen molar-refractivity contribution in [3.05, 3.63) is 0 Å². The summed E-state index contributed by atoms with van der Waals surface area (Å²) < 4.78 is 0. The van der Waals surface area contributed by atoms with Gasteiger partial charge in [-0.05, 0) is 19.9 Å². The average molecular weight is 181 g/mol. The van der Waals surface area contributed by atoms with Crippen molar-refractivity contribution in [1.82, 2.24) is 10.2 Å². The molecule has 0 spiro atoms. The quantitative estimate of drug-likeness (QED) is 0.507. The van der Waals surface area contributed by atoms with Gasteiger partial charge in [0, 0.05) is 19.1 Å². The van der Waals surface area contributed by atoms with Crippen LogP contribution in [0.5, 0.6) is 0 Å². The van der Waals surface area contributed by atoms with E-state index in [4.69, 9.17) is 5.26 Å². The third-order valence-corrected chi connectivity index (χ3v) is 2.79. The van der Waals surface area contributed by atoms with Gasteiger partial charge in [-0.2, -0.15) is 5.26 Å². The third-order valence-electron chi connectivity index (χ3n) is 2.79. The average Bonchev–Trinajstić information content (AvgIpc) is 2.65. The molecular weight excluding hydrogens is 162 g/mol. The third kappa shape index (κ3) is 3.75. The molecule has 0 aromatic heterocycles. The highest BCUT2D eigenvalue weighted by Crippen LogP contribution is 2.21. The molecule has 1 rings (SSSR count). The second-order valence-electron chi connectivity index (χ2n) is 3.75. The molecule has 13 heavy (non-hydrogen) atoms. The number of hydrogen-bond donors (Lipinski definition) is 1. The van der Waals surface area contributed by atoms with Gasteiger partial charge in [-0.3, -0.25) is 0 Å². The van der Waals surface area contributed by atoms with Gasteiger partial charge in [0.05, 0.1) is 12.6 Å². The van der Waals surface area contributed by atoms with E-state index in [2.05, 4.69) is 23.3 Å². The lowest BCUT2D eigenvalue weighted by Crippen LogP contribution is -2.35. The van der Waals surface area contributed by atoms with Crippen molar-refractivity contribution in [2.45, 2.75) is 31.7 Å². The highest BCUT2D eigenvalue weighted by Gasteiger charge is 2.18. The lowest BCUT2D eigenvalue weighted by molar-refractivity contribution is 0.247. The second kappa shape index (κ2) is 5.95. The van der Waals surface area contributed by atoms with Crippen LogP contribution in [-0.4, -0.2) is 37.6 Å². The monoisotopic (exact) mass is 181 g/mol. The molecule has 1 saturated carbocycles. The molecule has 1 fully saturated rings. The zero-order valence-electron chi connectivity index (χ0n) is 8.42. The Morgan fingerprint density at radius 3 is 2.77 bits per heavy atom. The Labute approximate surface area is 80.7 Å². The largest absolute Gasteiger partial charge is 0.303 e. The number of nitriles is 1. The molecule has 0 atom stereocenters. The zero-order valence-corrected chi connectivity index (χ0v) is 8.42. The smallest absolute Gasteiger partial charge is 0.0841 e. The number of likely N-dealkylation sites (N-methyl/N-ethyl adjacent to an activating group) is 1. The zero-order chi connectivity index (χ0) is 9.52. The second-order valence-corrected chi connectivity index (χ2v) is 3.75. The fourth-order valence-corrected chi connectivity index (χ4v) is 1.93. The first-order valence-electron chi connectivity index (χ1n) is 5.12. The minimum atomic E-state index is 0.471. The lowest BCUT2D eigenvalue weighted by Gasteiger charge is -2.23.